The molecule has 0 aromatic carbocycles. The molecule has 2 heterocycles. The Morgan fingerprint density at radius 3 is 3.00 bits per heavy atom. The van der Waals surface area contributed by atoms with E-state index in [9.17, 15) is 0 Å². The van der Waals surface area contributed by atoms with Crippen LogP contribution < -0.4 is 5.73 Å². The largest absolute Gasteiger partial charge is 0.379 e. The Morgan fingerprint density at radius 2 is 2.31 bits per heavy atom. The van der Waals surface area contributed by atoms with Crippen molar-refractivity contribution in [3.8, 4) is 0 Å². The summed E-state index contributed by atoms with van der Waals surface area (Å²) in [6, 6.07) is 0.173. The first-order chi connectivity index (χ1) is 7.60. The minimum absolute atomic E-state index is 0.115. The Labute approximate surface area is 98.1 Å². The summed E-state index contributed by atoms with van der Waals surface area (Å²) in [6.07, 6.45) is 1.46. The van der Waals surface area contributed by atoms with Crippen molar-refractivity contribution in [2.45, 2.75) is 32.4 Å². The maximum Gasteiger partial charge on any atom is 0.0673 e. The third-order valence-corrected chi connectivity index (χ3v) is 3.75. The van der Waals surface area contributed by atoms with Gasteiger partial charge in [0.25, 0.3) is 0 Å². The Morgan fingerprint density at radius 1 is 1.50 bits per heavy atom. The van der Waals surface area contributed by atoms with Crippen molar-refractivity contribution in [2.24, 2.45) is 11.1 Å². The molecule has 0 aromatic heterocycles. The number of nitrogens with two attached hydrogens (primary N) is 1. The molecule has 2 saturated heterocycles. The molecule has 2 aliphatic heterocycles. The molecule has 0 bridgehead atoms. The summed E-state index contributed by atoms with van der Waals surface area (Å²) >= 11 is 0. The summed E-state index contributed by atoms with van der Waals surface area (Å²) in [4.78, 5) is 2.48. The number of hydrogen-bond acceptors (Lipinski definition) is 4. The van der Waals surface area contributed by atoms with Crippen LogP contribution in [0.1, 0.15) is 20.3 Å². The first-order valence-corrected chi connectivity index (χ1v) is 6.27. The molecule has 0 saturated carbocycles. The van der Waals surface area contributed by atoms with E-state index in [1.165, 1.54) is 0 Å². The number of nitrogens with zero attached hydrogens (tertiary/aromatic N) is 1. The summed E-state index contributed by atoms with van der Waals surface area (Å²) < 4.78 is 11.1. The highest BCUT2D eigenvalue weighted by Gasteiger charge is 2.39. The molecule has 94 valence electrons. The Bertz CT molecular complexity index is 237. The lowest BCUT2D eigenvalue weighted by Gasteiger charge is -2.34. The molecule has 2 N–H and O–H groups in total. The molecular weight excluding hydrogens is 204 g/mol. The molecule has 0 aliphatic carbocycles. The van der Waals surface area contributed by atoms with Crippen LogP contribution in [0.4, 0.5) is 0 Å². The van der Waals surface area contributed by atoms with E-state index in [2.05, 4.69) is 18.7 Å². The molecule has 0 aromatic rings. The molecule has 3 atom stereocenters. The SMILES string of the molecule is CC1CN(CC2(C)COCC2N)CCCO1. The average Bonchev–Trinajstić information content (AvgIpc) is 2.44. The van der Waals surface area contributed by atoms with E-state index < -0.39 is 0 Å². The van der Waals surface area contributed by atoms with Gasteiger partial charge in [-0.15, -0.1) is 0 Å². The first-order valence-electron chi connectivity index (χ1n) is 6.27. The van der Waals surface area contributed by atoms with Crippen LogP contribution >= 0.6 is 0 Å². The van der Waals surface area contributed by atoms with Gasteiger partial charge in [-0.05, 0) is 13.3 Å². The molecule has 2 rings (SSSR count). The van der Waals surface area contributed by atoms with Gasteiger partial charge in [-0.3, -0.25) is 4.90 Å². The van der Waals surface area contributed by atoms with Gasteiger partial charge in [-0.25, -0.2) is 0 Å². The van der Waals surface area contributed by atoms with Crippen LogP contribution in [-0.4, -0.2) is 56.5 Å². The van der Waals surface area contributed by atoms with Crippen molar-refractivity contribution in [2.75, 3.05) is 39.5 Å². The van der Waals surface area contributed by atoms with Crippen molar-refractivity contribution in [3.63, 3.8) is 0 Å². The molecule has 3 unspecified atom stereocenters. The minimum atomic E-state index is 0.115. The lowest BCUT2D eigenvalue weighted by molar-refractivity contribution is 0.0572. The molecule has 4 heteroatoms. The predicted molar refractivity (Wildman–Crippen MR) is 63.4 cm³/mol. The molecular formula is C12H24N2O2. The van der Waals surface area contributed by atoms with Crippen LogP contribution in [-0.2, 0) is 9.47 Å². The zero-order chi connectivity index (χ0) is 11.6. The Kier molecular flexibility index (Phi) is 3.85. The molecule has 0 radical (unpaired) electrons. The van der Waals surface area contributed by atoms with E-state index in [1.54, 1.807) is 0 Å². The van der Waals surface area contributed by atoms with E-state index in [0.29, 0.717) is 12.7 Å². The van der Waals surface area contributed by atoms with Gasteiger partial charge >= 0.3 is 0 Å². The van der Waals surface area contributed by atoms with Crippen molar-refractivity contribution >= 4 is 0 Å². The number of rotatable bonds is 2. The fraction of sp³-hybridized carbons (Fsp3) is 1.00. The van der Waals surface area contributed by atoms with Crippen LogP contribution in [0.25, 0.3) is 0 Å². The third-order valence-electron chi connectivity index (χ3n) is 3.75. The molecule has 4 nitrogen and oxygen atoms in total. The summed E-state index contributed by atoms with van der Waals surface area (Å²) in [7, 11) is 0. The Hall–Kier alpha value is -0.160. The monoisotopic (exact) mass is 228 g/mol. The maximum absolute atomic E-state index is 6.12. The quantitative estimate of drug-likeness (QED) is 0.746. The van der Waals surface area contributed by atoms with Gasteiger partial charge in [0.15, 0.2) is 0 Å². The van der Waals surface area contributed by atoms with Crippen LogP contribution in [0.2, 0.25) is 0 Å². The van der Waals surface area contributed by atoms with Gasteiger partial charge in [-0.1, -0.05) is 6.92 Å². The second kappa shape index (κ2) is 5.00. The van der Waals surface area contributed by atoms with Crippen LogP contribution in [0.15, 0.2) is 0 Å². The van der Waals surface area contributed by atoms with E-state index in [-0.39, 0.29) is 11.5 Å². The van der Waals surface area contributed by atoms with Gasteiger partial charge in [0, 0.05) is 37.7 Å². The van der Waals surface area contributed by atoms with E-state index in [4.69, 9.17) is 15.2 Å². The zero-order valence-corrected chi connectivity index (χ0v) is 10.4. The molecule has 0 amide bonds. The van der Waals surface area contributed by atoms with E-state index in [0.717, 1.165) is 39.3 Å². The van der Waals surface area contributed by atoms with Crippen molar-refractivity contribution in [3.05, 3.63) is 0 Å². The second-order valence-corrected chi connectivity index (χ2v) is 5.55. The van der Waals surface area contributed by atoms with Crippen molar-refractivity contribution < 1.29 is 9.47 Å². The van der Waals surface area contributed by atoms with Gasteiger partial charge in [0.1, 0.15) is 0 Å². The highest BCUT2D eigenvalue weighted by Crippen LogP contribution is 2.28. The topological polar surface area (TPSA) is 47.7 Å². The van der Waals surface area contributed by atoms with E-state index >= 15 is 0 Å². The number of ether oxygens (including phenoxy) is 2. The third kappa shape index (κ3) is 2.74. The van der Waals surface area contributed by atoms with E-state index in [1.807, 2.05) is 0 Å². The molecule has 0 spiro atoms. The molecule has 16 heavy (non-hydrogen) atoms. The summed E-state index contributed by atoms with van der Waals surface area (Å²) in [5, 5.41) is 0. The van der Waals surface area contributed by atoms with Crippen molar-refractivity contribution in [1.29, 1.82) is 0 Å². The summed E-state index contributed by atoms with van der Waals surface area (Å²) in [5.74, 6) is 0. The van der Waals surface area contributed by atoms with Gasteiger partial charge in [-0.2, -0.15) is 0 Å². The lowest BCUT2D eigenvalue weighted by Crippen LogP contribution is -2.48. The second-order valence-electron chi connectivity index (χ2n) is 5.55. The molecule has 2 aliphatic rings. The fourth-order valence-electron chi connectivity index (χ4n) is 2.62. The normalized spacial score (nSPS) is 42.2. The first kappa shape index (κ1) is 12.3. The van der Waals surface area contributed by atoms with Crippen molar-refractivity contribution in [1.82, 2.24) is 4.90 Å². The maximum atomic E-state index is 6.12. The molecule has 2 fully saturated rings. The summed E-state index contributed by atoms with van der Waals surface area (Å²) in [6.45, 7) is 9.93. The van der Waals surface area contributed by atoms with Gasteiger partial charge in [0.2, 0.25) is 0 Å². The van der Waals surface area contributed by atoms with Crippen LogP contribution in [0, 0.1) is 5.41 Å². The van der Waals surface area contributed by atoms with Gasteiger partial charge < -0.3 is 15.2 Å². The van der Waals surface area contributed by atoms with Crippen LogP contribution in [0.5, 0.6) is 0 Å². The van der Waals surface area contributed by atoms with Crippen LogP contribution in [0.3, 0.4) is 0 Å². The fourth-order valence-corrected chi connectivity index (χ4v) is 2.62. The van der Waals surface area contributed by atoms with Gasteiger partial charge in [0.05, 0.1) is 19.3 Å². The standard InChI is InChI=1S/C12H24N2O2/c1-10-6-14(4-3-5-16-10)8-12(2)9-15-7-11(12)13/h10-11H,3-9,13H2,1-2H3. The lowest BCUT2D eigenvalue weighted by atomic mass is 9.85. The predicted octanol–water partition coefficient (Wildman–Crippen LogP) is 0.461. The Balaban J connectivity index is 1.92. The number of hydrogen-bond donors (Lipinski definition) is 1. The summed E-state index contributed by atoms with van der Waals surface area (Å²) in [5.41, 5.74) is 6.24. The smallest absolute Gasteiger partial charge is 0.0673 e. The highest BCUT2D eigenvalue weighted by molar-refractivity contribution is 4.92. The zero-order valence-electron chi connectivity index (χ0n) is 10.4. The minimum Gasteiger partial charge on any atom is -0.379 e. The highest BCUT2D eigenvalue weighted by atomic mass is 16.5. The average molecular weight is 228 g/mol.